The van der Waals surface area contributed by atoms with E-state index in [9.17, 15) is 0 Å². The molecule has 0 aliphatic carbocycles. The normalized spacial score (nSPS) is 17.6. The molecule has 1 atom stereocenters. The molecule has 2 aromatic rings. The molecule has 1 nitrogen and oxygen atoms in total. The average molecular weight is 434 g/mol. The molecule has 104 valence electrons. The number of rotatable bonds is 2. The minimum Gasteiger partial charge on any atom is -0.376 e. The standard InChI is InChI=1S/C15H12Br2ClNS/c16-11-2-1-3-12(17)15(11)19-13-6-7-20-14-5-4-9(18)8-10(13)14/h1-5,8,13,19H,6-7H2. The van der Waals surface area contributed by atoms with Gasteiger partial charge in [0, 0.05) is 24.6 Å². The third-order valence-corrected chi connectivity index (χ3v) is 5.97. The van der Waals surface area contributed by atoms with Gasteiger partial charge < -0.3 is 5.32 Å². The van der Waals surface area contributed by atoms with Crippen LogP contribution in [0.15, 0.2) is 50.2 Å². The molecule has 1 N–H and O–H groups in total. The van der Waals surface area contributed by atoms with E-state index in [1.807, 2.05) is 36.0 Å². The van der Waals surface area contributed by atoms with Crippen molar-refractivity contribution < 1.29 is 0 Å². The number of nitrogens with one attached hydrogen (secondary N) is 1. The van der Waals surface area contributed by atoms with Gasteiger partial charge in [0.25, 0.3) is 0 Å². The van der Waals surface area contributed by atoms with Crippen molar-refractivity contribution in [2.45, 2.75) is 17.4 Å². The Kier molecular flexibility index (Phi) is 4.65. The topological polar surface area (TPSA) is 12.0 Å². The van der Waals surface area contributed by atoms with Crippen LogP contribution in [0.3, 0.4) is 0 Å². The van der Waals surface area contributed by atoms with Crippen molar-refractivity contribution in [3.63, 3.8) is 0 Å². The molecule has 0 saturated heterocycles. The number of fused-ring (bicyclic) bond motifs is 1. The maximum atomic E-state index is 6.15. The third kappa shape index (κ3) is 3.03. The third-order valence-electron chi connectivity index (χ3n) is 3.29. The largest absolute Gasteiger partial charge is 0.376 e. The van der Waals surface area contributed by atoms with Crippen molar-refractivity contribution >= 4 is 60.9 Å². The fraction of sp³-hybridized carbons (Fsp3) is 0.200. The van der Waals surface area contributed by atoms with Crippen LogP contribution in [0.25, 0.3) is 0 Å². The molecule has 20 heavy (non-hydrogen) atoms. The predicted molar refractivity (Wildman–Crippen MR) is 95.0 cm³/mol. The monoisotopic (exact) mass is 431 g/mol. The highest BCUT2D eigenvalue weighted by Gasteiger charge is 2.22. The summed E-state index contributed by atoms with van der Waals surface area (Å²) in [6.45, 7) is 0. The van der Waals surface area contributed by atoms with E-state index in [0.29, 0.717) is 6.04 Å². The molecule has 0 aromatic heterocycles. The van der Waals surface area contributed by atoms with Gasteiger partial charge in [-0.15, -0.1) is 11.8 Å². The van der Waals surface area contributed by atoms with Gasteiger partial charge in [-0.25, -0.2) is 0 Å². The Morgan fingerprint density at radius 3 is 2.65 bits per heavy atom. The highest BCUT2D eigenvalue weighted by atomic mass is 79.9. The number of hydrogen-bond donors (Lipinski definition) is 1. The van der Waals surface area contributed by atoms with Crippen LogP contribution in [-0.2, 0) is 0 Å². The van der Waals surface area contributed by atoms with Crippen molar-refractivity contribution in [2.75, 3.05) is 11.1 Å². The van der Waals surface area contributed by atoms with Crippen molar-refractivity contribution in [3.05, 3.63) is 55.9 Å². The Hall–Kier alpha value is -0.160. The zero-order chi connectivity index (χ0) is 14.1. The van der Waals surface area contributed by atoms with Crippen molar-refractivity contribution in [2.24, 2.45) is 0 Å². The van der Waals surface area contributed by atoms with E-state index in [-0.39, 0.29) is 0 Å². The van der Waals surface area contributed by atoms with Crippen LogP contribution < -0.4 is 5.32 Å². The van der Waals surface area contributed by atoms with Crippen LogP contribution in [0.4, 0.5) is 5.69 Å². The first-order chi connectivity index (χ1) is 9.65. The number of para-hydroxylation sites is 1. The Labute approximate surface area is 144 Å². The lowest BCUT2D eigenvalue weighted by Gasteiger charge is -2.28. The Morgan fingerprint density at radius 2 is 1.90 bits per heavy atom. The maximum Gasteiger partial charge on any atom is 0.0633 e. The second-order valence-electron chi connectivity index (χ2n) is 4.61. The van der Waals surface area contributed by atoms with Gasteiger partial charge in [0.05, 0.1) is 11.7 Å². The Bertz CT molecular complexity index is 628. The smallest absolute Gasteiger partial charge is 0.0633 e. The van der Waals surface area contributed by atoms with Crippen molar-refractivity contribution in [1.29, 1.82) is 0 Å². The average Bonchev–Trinajstić information content (AvgIpc) is 2.43. The van der Waals surface area contributed by atoms with Gasteiger partial charge in [-0.05, 0) is 74.2 Å². The van der Waals surface area contributed by atoms with E-state index < -0.39 is 0 Å². The molecule has 0 amide bonds. The van der Waals surface area contributed by atoms with E-state index in [0.717, 1.165) is 31.8 Å². The zero-order valence-corrected chi connectivity index (χ0v) is 15.2. The van der Waals surface area contributed by atoms with Gasteiger partial charge in [-0.3, -0.25) is 0 Å². The Morgan fingerprint density at radius 1 is 1.15 bits per heavy atom. The number of anilines is 1. The lowest BCUT2D eigenvalue weighted by atomic mass is 10.0. The zero-order valence-electron chi connectivity index (χ0n) is 10.5. The summed E-state index contributed by atoms with van der Waals surface area (Å²) in [7, 11) is 0. The van der Waals surface area contributed by atoms with Crippen LogP contribution in [0.5, 0.6) is 0 Å². The molecule has 1 aliphatic rings. The lowest BCUT2D eigenvalue weighted by molar-refractivity contribution is 0.727. The minimum absolute atomic E-state index is 0.292. The molecular weight excluding hydrogens is 422 g/mol. The molecule has 2 aromatic carbocycles. The number of hydrogen-bond acceptors (Lipinski definition) is 2. The van der Waals surface area contributed by atoms with Crippen LogP contribution in [0.1, 0.15) is 18.0 Å². The molecule has 0 bridgehead atoms. The quantitative estimate of drug-likeness (QED) is 0.579. The number of halogens is 3. The van der Waals surface area contributed by atoms with E-state index >= 15 is 0 Å². The van der Waals surface area contributed by atoms with E-state index in [2.05, 4.69) is 49.3 Å². The number of benzene rings is 2. The molecule has 1 aliphatic heterocycles. The van der Waals surface area contributed by atoms with Crippen molar-refractivity contribution in [1.82, 2.24) is 0 Å². The molecule has 0 spiro atoms. The first kappa shape index (κ1) is 14.8. The second-order valence-corrected chi connectivity index (χ2v) is 7.89. The summed E-state index contributed by atoms with van der Waals surface area (Å²) in [4.78, 5) is 1.32. The summed E-state index contributed by atoms with van der Waals surface area (Å²) in [5, 5.41) is 4.43. The summed E-state index contributed by atoms with van der Waals surface area (Å²) in [5.41, 5.74) is 2.38. The van der Waals surface area contributed by atoms with E-state index in [4.69, 9.17) is 11.6 Å². The molecule has 0 radical (unpaired) electrons. The molecule has 3 rings (SSSR count). The van der Waals surface area contributed by atoms with Crippen LogP contribution in [-0.4, -0.2) is 5.75 Å². The van der Waals surface area contributed by atoms with Gasteiger partial charge in [-0.1, -0.05) is 17.7 Å². The summed E-state index contributed by atoms with van der Waals surface area (Å²) < 4.78 is 2.13. The van der Waals surface area contributed by atoms with Crippen LogP contribution >= 0.6 is 55.2 Å². The Balaban J connectivity index is 1.95. The fourth-order valence-corrected chi connectivity index (χ4v) is 4.84. The van der Waals surface area contributed by atoms with Gasteiger partial charge >= 0.3 is 0 Å². The summed E-state index contributed by atoms with van der Waals surface area (Å²) in [5.74, 6) is 1.12. The molecule has 5 heteroatoms. The van der Waals surface area contributed by atoms with Crippen LogP contribution in [0, 0.1) is 0 Å². The highest BCUT2D eigenvalue weighted by molar-refractivity contribution is 9.11. The second kappa shape index (κ2) is 6.30. The van der Waals surface area contributed by atoms with E-state index in [1.54, 1.807) is 0 Å². The van der Waals surface area contributed by atoms with E-state index in [1.165, 1.54) is 10.5 Å². The summed E-state index contributed by atoms with van der Waals surface area (Å²) in [6, 6.07) is 12.6. The molecule has 0 fully saturated rings. The summed E-state index contributed by atoms with van der Waals surface area (Å²) >= 11 is 15.3. The van der Waals surface area contributed by atoms with Gasteiger partial charge in [0.2, 0.25) is 0 Å². The highest BCUT2D eigenvalue weighted by Crippen LogP contribution is 2.41. The molecule has 1 heterocycles. The minimum atomic E-state index is 0.292. The first-order valence-corrected chi connectivity index (χ1v) is 9.23. The fourth-order valence-electron chi connectivity index (χ4n) is 2.33. The predicted octanol–water partition coefficient (Wildman–Crippen LogP) is 6.51. The molecule has 1 unspecified atom stereocenters. The van der Waals surface area contributed by atoms with Gasteiger partial charge in [0.15, 0.2) is 0 Å². The van der Waals surface area contributed by atoms with Crippen LogP contribution in [0.2, 0.25) is 5.02 Å². The van der Waals surface area contributed by atoms with Gasteiger partial charge in [0.1, 0.15) is 0 Å². The maximum absolute atomic E-state index is 6.15. The van der Waals surface area contributed by atoms with Crippen molar-refractivity contribution in [3.8, 4) is 0 Å². The number of thioether (sulfide) groups is 1. The van der Waals surface area contributed by atoms with Gasteiger partial charge in [-0.2, -0.15) is 0 Å². The SMILES string of the molecule is Clc1ccc2c(c1)C(Nc1c(Br)cccc1Br)CCS2. The lowest BCUT2D eigenvalue weighted by Crippen LogP contribution is -2.16. The summed E-state index contributed by atoms with van der Waals surface area (Å²) in [6.07, 6.45) is 1.09. The molecular formula is C15H12Br2ClNS. The first-order valence-electron chi connectivity index (χ1n) is 6.28. The molecule has 0 saturated carbocycles.